The summed E-state index contributed by atoms with van der Waals surface area (Å²) < 4.78 is 0. The molecular weight excluding hydrogens is 300 g/mol. The Balaban J connectivity index is 1.55. The summed E-state index contributed by atoms with van der Waals surface area (Å²) in [6.45, 7) is 1.83. The molecular formula is C15H16N4O2S. The van der Waals surface area contributed by atoms with E-state index >= 15 is 0 Å². The molecule has 0 spiro atoms. The minimum atomic E-state index is -0.170. The zero-order chi connectivity index (χ0) is 15.5. The summed E-state index contributed by atoms with van der Waals surface area (Å²) in [4.78, 5) is 24.0. The topological polar surface area (TPSA) is 84.0 Å². The van der Waals surface area contributed by atoms with E-state index in [1.54, 1.807) is 0 Å². The second-order valence-electron chi connectivity index (χ2n) is 5.26. The number of carbonyl (C=O) groups is 2. The summed E-state index contributed by atoms with van der Waals surface area (Å²) in [5.41, 5.74) is 1.99. The highest BCUT2D eigenvalue weighted by Gasteiger charge is 2.26. The molecule has 0 aliphatic carbocycles. The molecule has 3 rings (SSSR count). The van der Waals surface area contributed by atoms with Gasteiger partial charge in [0.1, 0.15) is 5.01 Å². The SMILES string of the molecule is Cc1nnc(NC(=O)CC[C@@H]2Cc3ccccc3NC2=O)s1. The van der Waals surface area contributed by atoms with Crippen molar-refractivity contribution >= 4 is 34.0 Å². The average molecular weight is 316 g/mol. The van der Waals surface area contributed by atoms with Crippen molar-refractivity contribution in [2.45, 2.75) is 26.2 Å². The van der Waals surface area contributed by atoms with E-state index in [0.717, 1.165) is 16.3 Å². The highest BCUT2D eigenvalue weighted by atomic mass is 32.1. The third-order valence-electron chi connectivity index (χ3n) is 3.60. The molecule has 0 fully saturated rings. The zero-order valence-electron chi connectivity index (χ0n) is 12.1. The van der Waals surface area contributed by atoms with Gasteiger partial charge in [0, 0.05) is 18.0 Å². The lowest BCUT2D eigenvalue weighted by Crippen LogP contribution is -2.30. The van der Waals surface area contributed by atoms with Gasteiger partial charge in [0.05, 0.1) is 0 Å². The number of nitrogens with zero attached hydrogens (tertiary/aromatic N) is 2. The van der Waals surface area contributed by atoms with Crippen LogP contribution in [-0.4, -0.2) is 22.0 Å². The van der Waals surface area contributed by atoms with Crippen LogP contribution >= 0.6 is 11.3 Å². The number of aromatic nitrogens is 2. The Morgan fingerprint density at radius 3 is 3.00 bits per heavy atom. The number of nitrogens with one attached hydrogen (secondary N) is 2. The van der Waals surface area contributed by atoms with Crippen LogP contribution in [0.1, 0.15) is 23.4 Å². The van der Waals surface area contributed by atoms with Crippen molar-refractivity contribution in [1.82, 2.24) is 10.2 Å². The molecule has 0 unspecified atom stereocenters. The van der Waals surface area contributed by atoms with Crippen LogP contribution in [0.5, 0.6) is 0 Å². The summed E-state index contributed by atoms with van der Waals surface area (Å²) in [7, 11) is 0. The molecule has 1 aliphatic rings. The van der Waals surface area contributed by atoms with Crippen molar-refractivity contribution in [2.24, 2.45) is 5.92 Å². The normalized spacial score (nSPS) is 16.8. The Labute approximate surface area is 132 Å². The number of benzene rings is 1. The highest BCUT2D eigenvalue weighted by Crippen LogP contribution is 2.27. The first-order valence-electron chi connectivity index (χ1n) is 7.10. The number of hydrogen-bond donors (Lipinski definition) is 2. The predicted octanol–water partition coefficient (Wildman–Crippen LogP) is 2.38. The first-order valence-corrected chi connectivity index (χ1v) is 7.92. The van der Waals surface area contributed by atoms with Crippen LogP contribution < -0.4 is 10.6 Å². The smallest absolute Gasteiger partial charge is 0.227 e. The van der Waals surface area contributed by atoms with Crippen LogP contribution in [0.4, 0.5) is 10.8 Å². The maximum Gasteiger partial charge on any atom is 0.227 e. The van der Waals surface area contributed by atoms with Gasteiger partial charge >= 0.3 is 0 Å². The summed E-state index contributed by atoms with van der Waals surface area (Å²) >= 11 is 1.34. The molecule has 2 N–H and O–H groups in total. The number of carbonyl (C=O) groups excluding carboxylic acids is 2. The largest absolute Gasteiger partial charge is 0.326 e. The van der Waals surface area contributed by atoms with Crippen molar-refractivity contribution in [2.75, 3.05) is 10.6 Å². The molecule has 0 saturated heterocycles. The maximum absolute atomic E-state index is 12.1. The van der Waals surface area contributed by atoms with Gasteiger partial charge in [-0.3, -0.25) is 9.59 Å². The summed E-state index contributed by atoms with van der Waals surface area (Å²) in [5, 5.41) is 14.6. The number of amides is 2. The molecule has 1 aliphatic heterocycles. The third kappa shape index (κ3) is 3.30. The second-order valence-corrected chi connectivity index (χ2v) is 6.44. The van der Waals surface area contributed by atoms with Gasteiger partial charge in [0.25, 0.3) is 0 Å². The molecule has 2 aromatic rings. The molecule has 1 aromatic heterocycles. The quantitative estimate of drug-likeness (QED) is 0.907. The fraction of sp³-hybridized carbons (Fsp3) is 0.333. The number of para-hydroxylation sites is 1. The molecule has 2 amide bonds. The summed E-state index contributed by atoms with van der Waals surface area (Å²) in [5.74, 6) is -0.321. The Hall–Kier alpha value is -2.28. The van der Waals surface area contributed by atoms with Gasteiger partial charge in [-0.25, -0.2) is 0 Å². The van der Waals surface area contributed by atoms with Crippen molar-refractivity contribution in [3.8, 4) is 0 Å². The van der Waals surface area contributed by atoms with E-state index in [9.17, 15) is 9.59 Å². The van der Waals surface area contributed by atoms with E-state index in [1.165, 1.54) is 11.3 Å². The van der Waals surface area contributed by atoms with Crippen molar-refractivity contribution in [3.05, 3.63) is 34.8 Å². The Morgan fingerprint density at radius 1 is 1.41 bits per heavy atom. The molecule has 2 heterocycles. The molecule has 0 bridgehead atoms. The van der Waals surface area contributed by atoms with Gasteiger partial charge in [-0.2, -0.15) is 0 Å². The van der Waals surface area contributed by atoms with Crippen LogP contribution in [0.3, 0.4) is 0 Å². The van der Waals surface area contributed by atoms with Crippen molar-refractivity contribution in [1.29, 1.82) is 0 Å². The lowest BCUT2D eigenvalue weighted by Gasteiger charge is -2.24. The van der Waals surface area contributed by atoms with E-state index in [1.807, 2.05) is 31.2 Å². The highest BCUT2D eigenvalue weighted by molar-refractivity contribution is 7.15. The average Bonchev–Trinajstić information content (AvgIpc) is 2.90. The minimum absolute atomic E-state index is 0.0155. The molecule has 1 atom stereocenters. The molecule has 1 aromatic carbocycles. The van der Waals surface area contributed by atoms with Gasteiger partial charge < -0.3 is 10.6 Å². The van der Waals surface area contributed by atoms with Gasteiger partial charge in [-0.05, 0) is 31.4 Å². The minimum Gasteiger partial charge on any atom is -0.326 e. The first-order chi connectivity index (χ1) is 10.6. The van der Waals surface area contributed by atoms with Crippen molar-refractivity contribution < 1.29 is 9.59 Å². The molecule has 0 saturated carbocycles. The Bertz CT molecular complexity index is 713. The molecule has 22 heavy (non-hydrogen) atoms. The number of aryl methyl sites for hydroxylation is 1. The zero-order valence-corrected chi connectivity index (χ0v) is 12.9. The van der Waals surface area contributed by atoms with E-state index in [4.69, 9.17) is 0 Å². The summed E-state index contributed by atoms with van der Waals surface area (Å²) in [6.07, 6.45) is 1.48. The lowest BCUT2D eigenvalue weighted by atomic mass is 9.89. The Morgan fingerprint density at radius 2 is 2.23 bits per heavy atom. The van der Waals surface area contributed by atoms with E-state index in [2.05, 4.69) is 20.8 Å². The predicted molar refractivity (Wildman–Crippen MR) is 84.8 cm³/mol. The number of anilines is 2. The number of rotatable bonds is 4. The van der Waals surface area contributed by atoms with Gasteiger partial charge in [-0.1, -0.05) is 29.5 Å². The number of hydrogen-bond acceptors (Lipinski definition) is 5. The fourth-order valence-corrected chi connectivity index (χ4v) is 3.09. The van der Waals surface area contributed by atoms with Gasteiger partial charge in [0.2, 0.25) is 16.9 Å². The molecule has 0 radical (unpaired) electrons. The van der Waals surface area contributed by atoms with Gasteiger partial charge in [0.15, 0.2) is 0 Å². The van der Waals surface area contributed by atoms with E-state index in [0.29, 0.717) is 24.4 Å². The standard InChI is InChI=1S/C15H16N4O2S/c1-9-18-19-15(22-9)17-13(20)7-6-11-8-10-4-2-3-5-12(10)16-14(11)21/h2-5,11H,6-8H2,1H3,(H,16,21)(H,17,19,20)/t11-/m1/s1. The molecule has 114 valence electrons. The molecule has 6 nitrogen and oxygen atoms in total. The van der Waals surface area contributed by atoms with E-state index in [-0.39, 0.29) is 17.7 Å². The lowest BCUT2D eigenvalue weighted by molar-refractivity contribution is -0.121. The van der Waals surface area contributed by atoms with Crippen LogP contribution in [0.25, 0.3) is 0 Å². The van der Waals surface area contributed by atoms with Crippen LogP contribution in [0, 0.1) is 12.8 Å². The monoisotopic (exact) mass is 316 g/mol. The van der Waals surface area contributed by atoms with Crippen LogP contribution in [-0.2, 0) is 16.0 Å². The van der Waals surface area contributed by atoms with Crippen LogP contribution in [0.2, 0.25) is 0 Å². The number of fused-ring (bicyclic) bond motifs is 1. The fourth-order valence-electron chi connectivity index (χ4n) is 2.48. The first kappa shape index (κ1) is 14.6. The maximum atomic E-state index is 12.1. The van der Waals surface area contributed by atoms with Crippen molar-refractivity contribution in [3.63, 3.8) is 0 Å². The Kier molecular flexibility index (Phi) is 4.15. The summed E-state index contributed by atoms with van der Waals surface area (Å²) in [6, 6.07) is 7.76. The molecule has 7 heteroatoms. The van der Waals surface area contributed by atoms with Crippen LogP contribution in [0.15, 0.2) is 24.3 Å². The van der Waals surface area contributed by atoms with Gasteiger partial charge in [-0.15, -0.1) is 10.2 Å². The second kappa shape index (κ2) is 6.23. The third-order valence-corrected chi connectivity index (χ3v) is 4.36. The van der Waals surface area contributed by atoms with E-state index < -0.39 is 0 Å².